The van der Waals surface area contributed by atoms with Gasteiger partial charge in [-0.25, -0.2) is 4.39 Å². The molecular formula is C17H21FN4O3. The van der Waals surface area contributed by atoms with Crippen molar-refractivity contribution in [2.75, 3.05) is 39.2 Å². The Morgan fingerprint density at radius 2 is 2.00 bits per heavy atom. The zero-order chi connectivity index (χ0) is 18.4. The van der Waals surface area contributed by atoms with Gasteiger partial charge >= 0.3 is 0 Å². The van der Waals surface area contributed by atoms with Crippen LogP contribution in [0, 0.1) is 5.82 Å². The highest BCUT2D eigenvalue weighted by Crippen LogP contribution is 2.26. The Hall–Kier alpha value is -2.90. The van der Waals surface area contributed by atoms with E-state index in [2.05, 4.69) is 9.97 Å². The fraction of sp³-hybridized carbons (Fsp3) is 0.353. The molecule has 0 radical (unpaired) electrons. The van der Waals surface area contributed by atoms with Crippen LogP contribution in [0.1, 0.15) is 6.92 Å². The molecule has 1 heterocycles. The predicted molar refractivity (Wildman–Crippen MR) is 91.6 cm³/mol. The second-order valence-electron chi connectivity index (χ2n) is 5.48. The fourth-order valence-corrected chi connectivity index (χ4v) is 1.95. The van der Waals surface area contributed by atoms with Crippen molar-refractivity contribution in [3.63, 3.8) is 0 Å². The van der Waals surface area contributed by atoms with E-state index in [0.29, 0.717) is 24.7 Å². The predicted octanol–water partition coefficient (Wildman–Crippen LogP) is 2.33. The van der Waals surface area contributed by atoms with Crippen molar-refractivity contribution in [3.05, 3.63) is 36.4 Å². The highest BCUT2D eigenvalue weighted by molar-refractivity contribution is 5.72. The second-order valence-corrected chi connectivity index (χ2v) is 5.48. The molecule has 2 aromatic rings. The lowest BCUT2D eigenvalue weighted by Crippen LogP contribution is -2.33. The van der Waals surface area contributed by atoms with Crippen LogP contribution < -0.4 is 14.4 Å². The van der Waals surface area contributed by atoms with E-state index >= 15 is 0 Å². The van der Waals surface area contributed by atoms with Gasteiger partial charge in [0.1, 0.15) is 5.75 Å². The van der Waals surface area contributed by atoms with Crippen molar-refractivity contribution in [1.29, 1.82) is 0 Å². The third-order valence-corrected chi connectivity index (χ3v) is 3.65. The highest BCUT2D eigenvalue weighted by atomic mass is 19.1. The molecule has 0 bridgehead atoms. The summed E-state index contributed by atoms with van der Waals surface area (Å²) in [6.45, 7) is 2.63. The summed E-state index contributed by atoms with van der Waals surface area (Å²) in [5, 5.41) is 0. The largest absolute Gasteiger partial charge is 0.497 e. The number of rotatable bonds is 7. The Labute approximate surface area is 146 Å². The number of halogens is 1. The first-order valence-corrected chi connectivity index (χ1v) is 7.67. The van der Waals surface area contributed by atoms with Gasteiger partial charge in [-0.05, 0) is 12.1 Å². The Kier molecular flexibility index (Phi) is 6.10. The summed E-state index contributed by atoms with van der Waals surface area (Å²) in [6.07, 6.45) is 2.98. The van der Waals surface area contributed by atoms with E-state index in [1.54, 1.807) is 24.2 Å². The lowest BCUT2D eigenvalue weighted by atomic mass is 10.3. The molecule has 2 rings (SSSR count). The summed E-state index contributed by atoms with van der Waals surface area (Å²) in [6, 6.07) is 4.30. The van der Waals surface area contributed by atoms with Gasteiger partial charge in [0, 0.05) is 40.2 Å². The zero-order valence-corrected chi connectivity index (χ0v) is 14.7. The maximum atomic E-state index is 14.0. The lowest BCUT2D eigenvalue weighted by molar-refractivity contribution is -0.127. The minimum Gasteiger partial charge on any atom is -0.497 e. The molecule has 8 heteroatoms. The van der Waals surface area contributed by atoms with Crippen LogP contribution in [-0.2, 0) is 4.79 Å². The molecule has 0 aliphatic carbocycles. The van der Waals surface area contributed by atoms with Gasteiger partial charge in [0.05, 0.1) is 19.5 Å². The summed E-state index contributed by atoms with van der Waals surface area (Å²) in [7, 11) is 5.02. The van der Waals surface area contributed by atoms with Crippen LogP contribution in [-0.4, -0.2) is 55.1 Å². The number of carbonyl (C=O) groups is 1. The number of amides is 1. The molecular weight excluding hydrogens is 327 g/mol. The Morgan fingerprint density at radius 3 is 2.64 bits per heavy atom. The van der Waals surface area contributed by atoms with Crippen molar-refractivity contribution >= 4 is 11.7 Å². The first-order valence-electron chi connectivity index (χ1n) is 7.67. The van der Waals surface area contributed by atoms with Crippen LogP contribution in [0.2, 0.25) is 0 Å². The number of ether oxygens (including phenoxy) is 2. The summed E-state index contributed by atoms with van der Waals surface area (Å²) in [4.78, 5) is 23.1. The highest BCUT2D eigenvalue weighted by Gasteiger charge is 2.11. The number of likely N-dealkylation sites (N-methyl/N-ethyl adjacent to an activating group) is 2. The molecule has 1 aromatic carbocycles. The van der Waals surface area contributed by atoms with Crippen LogP contribution in [0.5, 0.6) is 17.4 Å². The number of nitrogens with zero attached hydrogens (tertiary/aromatic N) is 4. The number of anilines is 1. The molecule has 0 saturated carbocycles. The Morgan fingerprint density at radius 1 is 1.24 bits per heavy atom. The van der Waals surface area contributed by atoms with Crippen molar-refractivity contribution in [1.82, 2.24) is 14.9 Å². The average Bonchev–Trinajstić information content (AvgIpc) is 2.61. The van der Waals surface area contributed by atoms with Crippen molar-refractivity contribution < 1.29 is 18.7 Å². The summed E-state index contributed by atoms with van der Waals surface area (Å²) >= 11 is 0. The smallest absolute Gasteiger partial charge is 0.239 e. The van der Waals surface area contributed by atoms with Crippen LogP contribution in [0.25, 0.3) is 0 Å². The van der Waals surface area contributed by atoms with E-state index in [9.17, 15) is 9.18 Å². The van der Waals surface area contributed by atoms with Crippen molar-refractivity contribution in [3.8, 4) is 17.4 Å². The quantitative estimate of drug-likeness (QED) is 0.765. The third-order valence-electron chi connectivity index (χ3n) is 3.65. The third kappa shape index (κ3) is 5.03. The monoisotopic (exact) mass is 348 g/mol. The van der Waals surface area contributed by atoms with E-state index in [1.807, 2.05) is 11.9 Å². The minimum atomic E-state index is -0.553. The van der Waals surface area contributed by atoms with E-state index in [-0.39, 0.29) is 17.5 Å². The van der Waals surface area contributed by atoms with Crippen LogP contribution >= 0.6 is 0 Å². The number of benzene rings is 1. The average molecular weight is 348 g/mol. The molecule has 0 aliphatic heterocycles. The number of hydrogen-bond acceptors (Lipinski definition) is 6. The summed E-state index contributed by atoms with van der Waals surface area (Å²) in [5.74, 6) is 0.608. The van der Waals surface area contributed by atoms with Crippen molar-refractivity contribution in [2.24, 2.45) is 0 Å². The number of aromatic nitrogens is 2. The SMILES string of the molecule is COc1ccc(Oc2cncc(N(C)CCN(C)C(C)=O)n2)c(F)c1. The van der Waals surface area contributed by atoms with Gasteiger partial charge in [0.2, 0.25) is 11.8 Å². The van der Waals surface area contributed by atoms with Gasteiger partial charge < -0.3 is 19.3 Å². The first-order chi connectivity index (χ1) is 11.9. The van der Waals surface area contributed by atoms with E-state index in [0.717, 1.165) is 0 Å². The molecule has 1 amide bonds. The van der Waals surface area contributed by atoms with Gasteiger partial charge in [0.25, 0.3) is 0 Å². The van der Waals surface area contributed by atoms with Gasteiger partial charge in [0.15, 0.2) is 17.4 Å². The topological polar surface area (TPSA) is 67.8 Å². The standard InChI is InChI=1S/C17H21FN4O3/c1-12(23)21(2)7-8-22(3)16-10-19-11-17(20-16)25-15-6-5-13(24-4)9-14(15)18/h5-6,9-11H,7-8H2,1-4H3. The fourth-order valence-electron chi connectivity index (χ4n) is 1.95. The van der Waals surface area contributed by atoms with Crippen molar-refractivity contribution in [2.45, 2.75) is 6.92 Å². The zero-order valence-electron chi connectivity index (χ0n) is 14.7. The summed E-state index contributed by atoms with van der Waals surface area (Å²) in [5.41, 5.74) is 0. The van der Waals surface area contributed by atoms with Crippen LogP contribution in [0.3, 0.4) is 0 Å². The molecule has 0 fully saturated rings. The maximum Gasteiger partial charge on any atom is 0.239 e. The molecule has 0 atom stereocenters. The number of hydrogen-bond donors (Lipinski definition) is 0. The summed E-state index contributed by atoms with van der Waals surface area (Å²) < 4.78 is 24.4. The minimum absolute atomic E-state index is 0.00782. The van der Waals surface area contributed by atoms with Gasteiger partial charge in [-0.3, -0.25) is 9.78 Å². The molecule has 0 aliphatic rings. The molecule has 0 spiro atoms. The molecule has 0 N–H and O–H groups in total. The molecule has 7 nitrogen and oxygen atoms in total. The second kappa shape index (κ2) is 8.27. The molecule has 134 valence electrons. The van der Waals surface area contributed by atoms with Crippen LogP contribution in [0.15, 0.2) is 30.6 Å². The normalized spacial score (nSPS) is 10.3. The van der Waals surface area contributed by atoms with E-state index in [1.165, 1.54) is 32.4 Å². The number of methoxy groups -OCH3 is 1. The van der Waals surface area contributed by atoms with E-state index < -0.39 is 5.82 Å². The van der Waals surface area contributed by atoms with E-state index in [4.69, 9.17) is 9.47 Å². The Bertz CT molecular complexity index is 742. The van der Waals surface area contributed by atoms with Gasteiger partial charge in [-0.2, -0.15) is 4.98 Å². The lowest BCUT2D eigenvalue weighted by Gasteiger charge is -2.22. The number of carbonyl (C=O) groups excluding carboxylic acids is 1. The Balaban J connectivity index is 2.06. The van der Waals surface area contributed by atoms with Gasteiger partial charge in [-0.1, -0.05) is 0 Å². The van der Waals surface area contributed by atoms with Gasteiger partial charge in [-0.15, -0.1) is 0 Å². The molecule has 25 heavy (non-hydrogen) atoms. The first kappa shape index (κ1) is 18.4. The van der Waals surface area contributed by atoms with Crippen LogP contribution in [0.4, 0.5) is 10.2 Å². The maximum absolute atomic E-state index is 14.0. The molecule has 0 saturated heterocycles. The molecule has 1 aromatic heterocycles. The molecule has 0 unspecified atom stereocenters.